The van der Waals surface area contributed by atoms with Gasteiger partial charge < -0.3 is 24.9 Å². The van der Waals surface area contributed by atoms with Crippen molar-refractivity contribution in [2.24, 2.45) is 0 Å². The number of rotatable bonds is 2. The van der Waals surface area contributed by atoms with E-state index in [9.17, 15) is 4.79 Å². The van der Waals surface area contributed by atoms with E-state index in [4.69, 9.17) is 19.6 Å². The standard InChI is InChI=1S/C13H13N3O4/c1-7-12(20-6-15-7)13(17)16-9-5-11-10(4-8(9)14)18-2-3-19-11/h4-6H,2-3,14H2,1H3,(H,16,17). The first-order chi connectivity index (χ1) is 9.65. The number of hydrogen-bond acceptors (Lipinski definition) is 6. The molecule has 0 unspecified atom stereocenters. The molecule has 1 aromatic carbocycles. The van der Waals surface area contributed by atoms with E-state index in [0.717, 1.165) is 0 Å². The Hall–Kier alpha value is -2.70. The van der Waals surface area contributed by atoms with Gasteiger partial charge in [0.1, 0.15) is 13.2 Å². The van der Waals surface area contributed by atoms with Crippen molar-refractivity contribution >= 4 is 17.3 Å². The number of hydrogen-bond donors (Lipinski definition) is 2. The average Bonchev–Trinajstić information content (AvgIpc) is 2.86. The second-order valence-electron chi connectivity index (χ2n) is 4.30. The molecule has 3 N–H and O–H groups in total. The van der Waals surface area contributed by atoms with Crippen molar-refractivity contribution in [1.29, 1.82) is 0 Å². The van der Waals surface area contributed by atoms with Crippen LogP contribution in [0.1, 0.15) is 16.2 Å². The van der Waals surface area contributed by atoms with E-state index in [-0.39, 0.29) is 5.76 Å². The Morgan fingerprint density at radius 1 is 1.30 bits per heavy atom. The van der Waals surface area contributed by atoms with Gasteiger partial charge in [-0.25, -0.2) is 4.98 Å². The Morgan fingerprint density at radius 3 is 2.65 bits per heavy atom. The number of aryl methyl sites for hydroxylation is 1. The largest absolute Gasteiger partial charge is 0.486 e. The molecule has 0 aliphatic carbocycles. The predicted octanol–water partition coefficient (Wildman–Crippen LogP) is 1.59. The number of nitrogens with zero attached hydrogens (tertiary/aromatic N) is 1. The van der Waals surface area contributed by atoms with Crippen LogP contribution in [0.2, 0.25) is 0 Å². The van der Waals surface area contributed by atoms with Crippen LogP contribution in [0.4, 0.5) is 11.4 Å². The van der Waals surface area contributed by atoms with Gasteiger partial charge in [-0.1, -0.05) is 0 Å². The van der Waals surface area contributed by atoms with E-state index < -0.39 is 5.91 Å². The Kier molecular flexibility index (Phi) is 2.94. The van der Waals surface area contributed by atoms with Gasteiger partial charge in [0.05, 0.1) is 17.1 Å². The van der Waals surface area contributed by atoms with Gasteiger partial charge in [-0.15, -0.1) is 0 Å². The van der Waals surface area contributed by atoms with E-state index >= 15 is 0 Å². The lowest BCUT2D eigenvalue weighted by atomic mass is 10.2. The fourth-order valence-corrected chi connectivity index (χ4v) is 1.91. The molecule has 20 heavy (non-hydrogen) atoms. The Morgan fingerprint density at radius 2 is 2.00 bits per heavy atom. The van der Waals surface area contributed by atoms with Gasteiger partial charge in [-0.3, -0.25) is 4.79 Å². The zero-order valence-electron chi connectivity index (χ0n) is 10.8. The zero-order chi connectivity index (χ0) is 14.1. The van der Waals surface area contributed by atoms with Gasteiger partial charge in [0.15, 0.2) is 17.9 Å². The molecule has 0 saturated carbocycles. The number of nitrogen functional groups attached to an aromatic ring is 1. The van der Waals surface area contributed by atoms with Crippen LogP contribution in [-0.4, -0.2) is 24.1 Å². The number of carbonyl (C=O) groups is 1. The summed E-state index contributed by atoms with van der Waals surface area (Å²) in [5.41, 5.74) is 7.23. The third-order valence-electron chi connectivity index (χ3n) is 2.91. The smallest absolute Gasteiger partial charge is 0.293 e. The third-order valence-corrected chi connectivity index (χ3v) is 2.91. The van der Waals surface area contributed by atoms with Crippen LogP contribution in [0.5, 0.6) is 11.5 Å². The lowest BCUT2D eigenvalue weighted by Gasteiger charge is -2.20. The van der Waals surface area contributed by atoms with Gasteiger partial charge in [0, 0.05) is 12.1 Å². The SMILES string of the molecule is Cc1ncoc1C(=O)Nc1cc2c(cc1N)OCCO2. The number of anilines is 2. The van der Waals surface area contributed by atoms with Crippen LogP contribution in [0.25, 0.3) is 0 Å². The monoisotopic (exact) mass is 275 g/mol. The van der Waals surface area contributed by atoms with Crippen molar-refractivity contribution in [2.75, 3.05) is 24.3 Å². The highest BCUT2D eigenvalue weighted by molar-refractivity contribution is 6.04. The second-order valence-corrected chi connectivity index (χ2v) is 4.30. The minimum atomic E-state index is -0.414. The molecule has 2 heterocycles. The molecule has 1 aromatic heterocycles. The van der Waals surface area contributed by atoms with Crippen LogP contribution in [0, 0.1) is 6.92 Å². The molecule has 0 saturated heterocycles. The minimum Gasteiger partial charge on any atom is -0.486 e. The van der Waals surface area contributed by atoms with Gasteiger partial charge in [0.25, 0.3) is 5.91 Å². The molecule has 7 heteroatoms. The number of benzene rings is 1. The zero-order valence-corrected chi connectivity index (χ0v) is 10.8. The van der Waals surface area contributed by atoms with Crippen molar-refractivity contribution in [1.82, 2.24) is 4.98 Å². The average molecular weight is 275 g/mol. The quantitative estimate of drug-likeness (QED) is 0.807. The highest BCUT2D eigenvalue weighted by atomic mass is 16.6. The molecule has 1 aliphatic rings. The molecule has 0 spiro atoms. The first-order valence-electron chi connectivity index (χ1n) is 6.05. The van der Waals surface area contributed by atoms with Crippen molar-refractivity contribution < 1.29 is 18.7 Å². The molecule has 0 radical (unpaired) electrons. The summed E-state index contributed by atoms with van der Waals surface area (Å²) in [7, 11) is 0. The first-order valence-corrected chi connectivity index (χ1v) is 6.05. The molecule has 0 atom stereocenters. The maximum Gasteiger partial charge on any atom is 0.293 e. The van der Waals surface area contributed by atoms with E-state index in [1.807, 2.05) is 0 Å². The summed E-state index contributed by atoms with van der Waals surface area (Å²) < 4.78 is 15.9. The van der Waals surface area contributed by atoms with Gasteiger partial charge >= 0.3 is 0 Å². The number of amides is 1. The van der Waals surface area contributed by atoms with E-state index in [1.165, 1.54) is 6.39 Å². The third kappa shape index (κ3) is 2.13. The topological polar surface area (TPSA) is 99.6 Å². The molecule has 1 amide bonds. The fourth-order valence-electron chi connectivity index (χ4n) is 1.91. The van der Waals surface area contributed by atoms with E-state index in [1.54, 1.807) is 19.1 Å². The summed E-state index contributed by atoms with van der Waals surface area (Å²) in [6, 6.07) is 3.25. The minimum absolute atomic E-state index is 0.152. The Balaban J connectivity index is 1.87. The van der Waals surface area contributed by atoms with Crippen molar-refractivity contribution in [3.63, 3.8) is 0 Å². The summed E-state index contributed by atoms with van der Waals surface area (Å²) in [6.45, 7) is 2.63. The highest BCUT2D eigenvalue weighted by Gasteiger charge is 2.19. The van der Waals surface area contributed by atoms with Gasteiger partial charge in [0.2, 0.25) is 5.76 Å². The molecule has 1 aliphatic heterocycles. The maximum atomic E-state index is 12.0. The lowest BCUT2D eigenvalue weighted by molar-refractivity contribution is 0.0996. The van der Waals surface area contributed by atoms with Crippen LogP contribution in [0.3, 0.4) is 0 Å². The van der Waals surface area contributed by atoms with Crippen LogP contribution >= 0.6 is 0 Å². The number of ether oxygens (including phenoxy) is 2. The van der Waals surface area contributed by atoms with E-state index in [2.05, 4.69) is 10.3 Å². The van der Waals surface area contributed by atoms with Crippen LogP contribution in [0.15, 0.2) is 22.9 Å². The number of fused-ring (bicyclic) bond motifs is 1. The van der Waals surface area contributed by atoms with Crippen molar-refractivity contribution in [2.45, 2.75) is 6.92 Å². The Bertz CT molecular complexity index is 666. The molecule has 0 fully saturated rings. The number of nitrogens with two attached hydrogens (primary N) is 1. The normalized spacial score (nSPS) is 13.1. The summed E-state index contributed by atoms with van der Waals surface area (Å²) in [5, 5.41) is 2.67. The lowest BCUT2D eigenvalue weighted by Crippen LogP contribution is -2.17. The van der Waals surface area contributed by atoms with Gasteiger partial charge in [-0.2, -0.15) is 0 Å². The molecule has 3 rings (SSSR count). The summed E-state index contributed by atoms with van der Waals surface area (Å²) in [6.07, 6.45) is 1.22. The summed E-state index contributed by atoms with van der Waals surface area (Å²) in [5.74, 6) is 0.861. The number of aromatic nitrogens is 1. The molecule has 0 bridgehead atoms. The van der Waals surface area contributed by atoms with Gasteiger partial charge in [-0.05, 0) is 6.92 Å². The summed E-state index contributed by atoms with van der Waals surface area (Å²) in [4.78, 5) is 15.9. The fraction of sp³-hybridized carbons (Fsp3) is 0.231. The van der Waals surface area contributed by atoms with Crippen LogP contribution < -0.4 is 20.5 Å². The first kappa shape index (κ1) is 12.3. The molecule has 104 valence electrons. The molecule has 2 aromatic rings. The van der Waals surface area contributed by atoms with E-state index in [0.29, 0.717) is 41.8 Å². The van der Waals surface area contributed by atoms with Crippen LogP contribution in [-0.2, 0) is 0 Å². The van der Waals surface area contributed by atoms with Crippen molar-refractivity contribution in [3.05, 3.63) is 30.0 Å². The molecule has 7 nitrogen and oxygen atoms in total. The maximum absolute atomic E-state index is 12.0. The number of carbonyl (C=O) groups excluding carboxylic acids is 1. The molecular formula is C13H13N3O4. The second kappa shape index (κ2) is 4.76. The number of oxazole rings is 1. The number of nitrogens with one attached hydrogen (secondary N) is 1. The molecular weight excluding hydrogens is 262 g/mol. The predicted molar refractivity (Wildman–Crippen MR) is 71.0 cm³/mol. The highest BCUT2D eigenvalue weighted by Crippen LogP contribution is 2.37. The van der Waals surface area contributed by atoms with Crippen molar-refractivity contribution in [3.8, 4) is 11.5 Å². The Labute approximate surface area is 114 Å². The summed E-state index contributed by atoms with van der Waals surface area (Å²) >= 11 is 0.